The highest BCUT2D eigenvalue weighted by atomic mass is 16.4. The second kappa shape index (κ2) is 5.69. The van der Waals surface area contributed by atoms with Crippen LogP contribution in [0.2, 0.25) is 0 Å². The van der Waals surface area contributed by atoms with E-state index in [0.29, 0.717) is 17.9 Å². The summed E-state index contributed by atoms with van der Waals surface area (Å²) in [7, 11) is 1.80. The van der Waals surface area contributed by atoms with Crippen molar-refractivity contribution in [2.45, 2.75) is 12.8 Å². The van der Waals surface area contributed by atoms with Crippen LogP contribution in [0, 0.1) is 0 Å². The molecule has 2 N–H and O–H groups in total. The molecule has 0 amide bonds. The van der Waals surface area contributed by atoms with E-state index in [0.717, 1.165) is 25.0 Å². The number of carbonyl (C=O) groups is 1. The Labute approximate surface area is 122 Å². The largest absolute Gasteiger partial charge is 0.478 e. The molecule has 0 spiro atoms. The quantitative estimate of drug-likeness (QED) is 0.860. The number of nitrogens with one attached hydrogen (secondary N) is 1. The smallest absolute Gasteiger partial charge is 0.339 e. The maximum atomic E-state index is 11.4. The van der Waals surface area contributed by atoms with E-state index in [-0.39, 0.29) is 5.56 Å². The average molecular weight is 289 g/mol. The fourth-order valence-electron chi connectivity index (χ4n) is 2.79. The SMILES string of the molecule is Cn1ncc2c(NCCN3CCCC3)c(C(=O)O)cnc21. The Morgan fingerprint density at radius 2 is 2.14 bits per heavy atom. The lowest BCUT2D eigenvalue weighted by atomic mass is 10.2. The lowest BCUT2D eigenvalue weighted by Crippen LogP contribution is -2.26. The summed E-state index contributed by atoms with van der Waals surface area (Å²) in [5, 5.41) is 17.5. The van der Waals surface area contributed by atoms with Crippen molar-refractivity contribution < 1.29 is 9.90 Å². The number of carboxylic acid groups (broad SMARTS) is 1. The lowest BCUT2D eigenvalue weighted by Gasteiger charge is -2.16. The van der Waals surface area contributed by atoms with E-state index in [2.05, 4.69) is 20.3 Å². The van der Waals surface area contributed by atoms with Gasteiger partial charge in [-0.3, -0.25) is 4.68 Å². The first-order chi connectivity index (χ1) is 10.2. The van der Waals surface area contributed by atoms with E-state index in [1.165, 1.54) is 19.0 Å². The van der Waals surface area contributed by atoms with E-state index in [1.54, 1.807) is 17.9 Å². The number of aromatic carboxylic acids is 1. The van der Waals surface area contributed by atoms with Gasteiger partial charge in [-0.05, 0) is 25.9 Å². The third kappa shape index (κ3) is 2.69. The Hall–Kier alpha value is -2.15. The van der Waals surface area contributed by atoms with Gasteiger partial charge in [0.2, 0.25) is 0 Å². The molecule has 0 saturated carbocycles. The van der Waals surface area contributed by atoms with Crippen molar-refractivity contribution in [3.8, 4) is 0 Å². The van der Waals surface area contributed by atoms with Gasteiger partial charge in [-0.1, -0.05) is 0 Å². The number of aryl methyl sites for hydroxylation is 1. The van der Waals surface area contributed by atoms with Gasteiger partial charge < -0.3 is 15.3 Å². The Balaban J connectivity index is 1.83. The van der Waals surface area contributed by atoms with Crippen LogP contribution in [0.15, 0.2) is 12.4 Å². The molecule has 0 radical (unpaired) electrons. The molecule has 3 rings (SSSR count). The number of hydrogen-bond acceptors (Lipinski definition) is 5. The normalized spacial score (nSPS) is 15.7. The molecule has 2 aromatic rings. The van der Waals surface area contributed by atoms with Crippen molar-refractivity contribution >= 4 is 22.7 Å². The van der Waals surface area contributed by atoms with Crippen molar-refractivity contribution in [2.24, 2.45) is 7.05 Å². The number of likely N-dealkylation sites (tertiary alicyclic amines) is 1. The first-order valence-electron chi connectivity index (χ1n) is 7.17. The molecule has 0 aromatic carbocycles. The van der Waals surface area contributed by atoms with Gasteiger partial charge in [0.25, 0.3) is 0 Å². The Morgan fingerprint density at radius 3 is 2.86 bits per heavy atom. The van der Waals surface area contributed by atoms with Crippen LogP contribution >= 0.6 is 0 Å². The third-order valence-electron chi connectivity index (χ3n) is 3.92. The lowest BCUT2D eigenvalue weighted by molar-refractivity contribution is 0.0697. The number of rotatable bonds is 5. The highest BCUT2D eigenvalue weighted by molar-refractivity contribution is 6.03. The molecule has 0 unspecified atom stereocenters. The number of fused-ring (bicyclic) bond motifs is 1. The molecule has 112 valence electrons. The van der Waals surface area contributed by atoms with Crippen LogP contribution in [0.4, 0.5) is 5.69 Å². The third-order valence-corrected chi connectivity index (χ3v) is 3.92. The molecule has 0 aliphatic carbocycles. The highest BCUT2D eigenvalue weighted by Crippen LogP contribution is 2.25. The van der Waals surface area contributed by atoms with Crippen molar-refractivity contribution in [3.63, 3.8) is 0 Å². The molecule has 7 nitrogen and oxygen atoms in total. The summed E-state index contributed by atoms with van der Waals surface area (Å²) in [6, 6.07) is 0. The standard InChI is InChI=1S/C14H19N5O2/c1-18-13-10(9-17-18)12(11(8-16-13)14(20)21)15-4-7-19-5-2-3-6-19/h8-9H,2-7H2,1H3,(H,15,16)(H,20,21). The van der Waals surface area contributed by atoms with E-state index in [4.69, 9.17) is 0 Å². The fraction of sp³-hybridized carbons (Fsp3) is 0.500. The first-order valence-corrected chi connectivity index (χ1v) is 7.17. The minimum absolute atomic E-state index is 0.192. The Morgan fingerprint density at radius 1 is 1.38 bits per heavy atom. The maximum Gasteiger partial charge on any atom is 0.339 e. The van der Waals surface area contributed by atoms with Crippen molar-refractivity contribution in [1.29, 1.82) is 0 Å². The van der Waals surface area contributed by atoms with Crippen LogP contribution in [0.25, 0.3) is 11.0 Å². The number of hydrogen-bond donors (Lipinski definition) is 2. The van der Waals surface area contributed by atoms with Crippen molar-refractivity contribution in [1.82, 2.24) is 19.7 Å². The molecule has 1 aliphatic heterocycles. The van der Waals surface area contributed by atoms with Crippen LogP contribution in [0.5, 0.6) is 0 Å². The van der Waals surface area contributed by atoms with Crippen LogP contribution in [-0.2, 0) is 7.05 Å². The van der Waals surface area contributed by atoms with Crippen molar-refractivity contribution in [3.05, 3.63) is 18.0 Å². The summed E-state index contributed by atoms with van der Waals surface area (Å²) in [5.41, 5.74) is 1.49. The van der Waals surface area contributed by atoms with Gasteiger partial charge in [0.15, 0.2) is 5.65 Å². The second-order valence-electron chi connectivity index (χ2n) is 5.33. The Bertz CT molecular complexity index is 661. The number of nitrogens with zero attached hydrogens (tertiary/aromatic N) is 4. The van der Waals surface area contributed by atoms with Crippen LogP contribution in [-0.4, -0.2) is 56.9 Å². The molecule has 0 bridgehead atoms. The molecular weight excluding hydrogens is 270 g/mol. The van der Waals surface area contributed by atoms with Gasteiger partial charge in [-0.25, -0.2) is 9.78 Å². The average Bonchev–Trinajstić information content (AvgIpc) is 3.09. The first kappa shape index (κ1) is 13.8. The molecule has 0 atom stereocenters. The van der Waals surface area contributed by atoms with Gasteiger partial charge in [0.05, 0.1) is 17.3 Å². The zero-order chi connectivity index (χ0) is 14.8. The molecule has 2 aromatic heterocycles. The van der Waals surface area contributed by atoms with E-state index in [9.17, 15) is 9.90 Å². The number of carboxylic acids is 1. The molecule has 21 heavy (non-hydrogen) atoms. The number of aromatic nitrogens is 3. The second-order valence-corrected chi connectivity index (χ2v) is 5.33. The maximum absolute atomic E-state index is 11.4. The monoisotopic (exact) mass is 289 g/mol. The fourth-order valence-corrected chi connectivity index (χ4v) is 2.79. The van der Waals surface area contributed by atoms with Crippen LogP contribution in [0.1, 0.15) is 23.2 Å². The van der Waals surface area contributed by atoms with E-state index in [1.807, 2.05) is 0 Å². The van der Waals surface area contributed by atoms with Gasteiger partial charge in [-0.15, -0.1) is 0 Å². The molecule has 3 heterocycles. The molecule has 1 aliphatic rings. The topological polar surface area (TPSA) is 83.3 Å². The minimum Gasteiger partial charge on any atom is -0.478 e. The summed E-state index contributed by atoms with van der Waals surface area (Å²) in [6.45, 7) is 3.90. The molecular formula is C14H19N5O2. The van der Waals surface area contributed by atoms with E-state index < -0.39 is 5.97 Å². The number of anilines is 1. The highest BCUT2D eigenvalue weighted by Gasteiger charge is 2.17. The van der Waals surface area contributed by atoms with Gasteiger partial charge >= 0.3 is 5.97 Å². The van der Waals surface area contributed by atoms with Gasteiger partial charge in [0.1, 0.15) is 5.56 Å². The Kier molecular flexibility index (Phi) is 3.74. The van der Waals surface area contributed by atoms with Crippen LogP contribution < -0.4 is 5.32 Å². The predicted molar refractivity (Wildman–Crippen MR) is 79.6 cm³/mol. The van der Waals surface area contributed by atoms with E-state index >= 15 is 0 Å². The zero-order valence-corrected chi connectivity index (χ0v) is 12.0. The molecule has 1 fully saturated rings. The van der Waals surface area contributed by atoms with Crippen molar-refractivity contribution in [2.75, 3.05) is 31.5 Å². The summed E-state index contributed by atoms with van der Waals surface area (Å²) < 4.78 is 1.65. The molecule has 1 saturated heterocycles. The van der Waals surface area contributed by atoms with Gasteiger partial charge in [0, 0.05) is 26.3 Å². The minimum atomic E-state index is -0.975. The summed E-state index contributed by atoms with van der Waals surface area (Å²) in [5.74, 6) is -0.975. The number of pyridine rings is 1. The summed E-state index contributed by atoms with van der Waals surface area (Å²) in [4.78, 5) is 17.9. The predicted octanol–water partition coefficient (Wildman–Crippen LogP) is 1.17. The summed E-state index contributed by atoms with van der Waals surface area (Å²) >= 11 is 0. The summed E-state index contributed by atoms with van der Waals surface area (Å²) in [6.07, 6.45) is 5.56. The molecule has 7 heteroatoms. The van der Waals surface area contributed by atoms with Gasteiger partial charge in [-0.2, -0.15) is 5.10 Å². The zero-order valence-electron chi connectivity index (χ0n) is 12.0. The van der Waals surface area contributed by atoms with Crippen LogP contribution in [0.3, 0.4) is 0 Å².